The molecule has 0 aromatic heterocycles. The maximum atomic E-state index is 11.6. The number of esters is 2. The highest BCUT2D eigenvalue weighted by Crippen LogP contribution is 2.24. The molecule has 4 heteroatoms. The van der Waals surface area contributed by atoms with Gasteiger partial charge in [0, 0.05) is 12.8 Å². The predicted octanol–water partition coefficient (Wildman–Crippen LogP) is 4.53. The van der Waals surface area contributed by atoms with Gasteiger partial charge in [-0.25, -0.2) is 0 Å². The number of hydrogen-bond donors (Lipinski definition) is 0. The van der Waals surface area contributed by atoms with Crippen LogP contribution in [0.5, 0.6) is 0 Å². The summed E-state index contributed by atoms with van der Waals surface area (Å²) in [4.78, 5) is 23.2. The zero-order valence-corrected chi connectivity index (χ0v) is 14.3. The highest BCUT2D eigenvalue weighted by molar-refractivity contribution is 5.89. The molecule has 0 aliphatic rings. The number of carbonyl (C=O) groups is 2. The van der Waals surface area contributed by atoms with E-state index in [-0.39, 0.29) is 25.2 Å². The number of ether oxygens (including phenoxy) is 2. The van der Waals surface area contributed by atoms with E-state index in [9.17, 15) is 9.59 Å². The van der Waals surface area contributed by atoms with E-state index < -0.39 is 0 Å². The van der Waals surface area contributed by atoms with Crippen molar-refractivity contribution >= 4 is 22.7 Å². The summed E-state index contributed by atoms with van der Waals surface area (Å²) in [5.41, 5.74) is 1.91. The van der Waals surface area contributed by atoms with Gasteiger partial charge in [0.05, 0.1) is 0 Å². The molecule has 0 heterocycles. The van der Waals surface area contributed by atoms with Gasteiger partial charge in [-0.15, -0.1) is 0 Å². The fourth-order valence-electron chi connectivity index (χ4n) is 2.54. The van der Waals surface area contributed by atoms with E-state index in [0.717, 1.165) is 34.7 Å². The van der Waals surface area contributed by atoms with Gasteiger partial charge in [-0.3, -0.25) is 9.59 Å². The van der Waals surface area contributed by atoms with Crippen molar-refractivity contribution in [3.63, 3.8) is 0 Å². The minimum atomic E-state index is -0.181. The molecule has 4 nitrogen and oxygen atoms in total. The lowest BCUT2D eigenvalue weighted by Gasteiger charge is -2.12. The van der Waals surface area contributed by atoms with Crippen LogP contribution in [0.2, 0.25) is 0 Å². The number of rotatable bonds is 8. The predicted molar refractivity (Wildman–Crippen MR) is 93.4 cm³/mol. The molecule has 0 atom stereocenters. The molecule has 0 aliphatic heterocycles. The van der Waals surface area contributed by atoms with Crippen LogP contribution in [0.25, 0.3) is 10.8 Å². The quantitative estimate of drug-likeness (QED) is 0.668. The minimum Gasteiger partial charge on any atom is -0.461 e. The highest BCUT2D eigenvalue weighted by atomic mass is 16.5. The molecule has 0 saturated carbocycles. The van der Waals surface area contributed by atoms with E-state index in [1.165, 1.54) is 0 Å². The molecular weight excluding hydrogens is 304 g/mol. The van der Waals surface area contributed by atoms with Crippen LogP contribution >= 0.6 is 0 Å². The maximum absolute atomic E-state index is 11.6. The zero-order chi connectivity index (χ0) is 17.4. The second kappa shape index (κ2) is 9.06. The molecule has 0 fully saturated rings. The van der Waals surface area contributed by atoms with Crippen molar-refractivity contribution in [2.75, 3.05) is 0 Å². The Balaban J connectivity index is 2.16. The third kappa shape index (κ3) is 4.82. The highest BCUT2D eigenvalue weighted by Gasteiger charge is 2.10. The first-order valence-electron chi connectivity index (χ1n) is 8.46. The van der Waals surface area contributed by atoms with Gasteiger partial charge in [0.2, 0.25) is 0 Å². The van der Waals surface area contributed by atoms with Crippen molar-refractivity contribution < 1.29 is 19.1 Å². The van der Waals surface area contributed by atoms with Crippen molar-refractivity contribution in [1.29, 1.82) is 0 Å². The maximum Gasteiger partial charge on any atom is 0.306 e. The monoisotopic (exact) mass is 328 g/mol. The van der Waals surface area contributed by atoms with Crippen molar-refractivity contribution in [2.45, 2.75) is 52.7 Å². The summed E-state index contributed by atoms with van der Waals surface area (Å²) < 4.78 is 10.6. The topological polar surface area (TPSA) is 52.6 Å². The molecule has 0 aliphatic carbocycles. The third-order valence-corrected chi connectivity index (χ3v) is 3.79. The number of carbonyl (C=O) groups excluding carboxylic acids is 2. The van der Waals surface area contributed by atoms with Crippen molar-refractivity contribution in [2.24, 2.45) is 0 Å². The molecule has 0 unspecified atom stereocenters. The smallest absolute Gasteiger partial charge is 0.306 e. The molecule has 0 bridgehead atoms. The average molecular weight is 328 g/mol. The lowest BCUT2D eigenvalue weighted by atomic mass is 10.0. The van der Waals surface area contributed by atoms with Gasteiger partial charge in [-0.05, 0) is 34.7 Å². The Bertz CT molecular complexity index is 645. The van der Waals surface area contributed by atoms with Crippen LogP contribution in [0.4, 0.5) is 0 Å². The number of hydrogen-bond acceptors (Lipinski definition) is 4. The minimum absolute atomic E-state index is 0.181. The zero-order valence-electron chi connectivity index (χ0n) is 14.3. The average Bonchev–Trinajstić information content (AvgIpc) is 2.59. The van der Waals surface area contributed by atoms with Crippen molar-refractivity contribution in [3.05, 3.63) is 47.5 Å². The van der Waals surface area contributed by atoms with Crippen LogP contribution in [0.1, 0.15) is 50.7 Å². The number of benzene rings is 2. The SMILES string of the molecule is CCCC(=O)OCc1ccc(COC(=O)CCC)c2ccccc12. The van der Waals surface area contributed by atoms with Crippen LogP contribution in [0.15, 0.2) is 36.4 Å². The van der Waals surface area contributed by atoms with Gasteiger partial charge in [0.25, 0.3) is 0 Å². The summed E-state index contributed by atoms with van der Waals surface area (Å²) >= 11 is 0. The van der Waals surface area contributed by atoms with Crippen LogP contribution in [-0.4, -0.2) is 11.9 Å². The fraction of sp³-hybridized carbons (Fsp3) is 0.400. The Morgan fingerprint density at radius 1 is 0.750 bits per heavy atom. The van der Waals surface area contributed by atoms with E-state index in [1.807, 2.05) is 50.2 Å². The van der Waals surface area contributed by atoms with Crippen molar-refractivity contribution in [3.8, 4) is 0 Å². The second-order valence-electron chi connectivity index (χ2n) is 5.75. The van der Waals surface area contributed by atoms with Gasteiger partial charge in [-0.1, -0.05) is 50.2 Å². The summed E-state index contributed by atoms with van der Waals surface area (Å²) in [5, 5.41) is 2.04. The van der Waals surface area contributed by atoms with Crippen LogP contribution in [0.3, 0.4) is 0 Å². The van der Waals surface area contributed by atoms with E-state index in [1.54, 1.807) is 0 Å². The van der Waals surface area contributed by atoms with Gasteiger partial charge in [-0.2, -0.15) is 0 Å². The van der Waals surface area contributed by atoms with Crippen molar-refractivity contribution in [1.82, 2.24) is 0 Å². The largest absolute Gasteiger partial charge is 0.461 e. The molecule has 0 amide bonds. The molecule has 0 spiro atoms. The van der Waals surface area contributed by atoms with Crippen LogP contribution < -0.4 is 0 Å². The van der Waals surface area contributed by atoms with E-state index in [2.05, 4.69) is 0 Å². The molecular formula is C20H24O4. The molecule has 0 N–H and O–H groups in total. The number of fused-ring (bicyclic) bond motifs is 1. The van der Waals surface area contributed by atoms with Gasteiger partial charge >= 0.3 is 11.9 Å². The van der Waals surface area contributed by atoms with E-state index in [4.69, 9.17) is 9.47 Å². The first-order valence-corrected chi connectivity index (χ1v) is 8.46. The van der Waals surface area contributed by atoms with Crippen LogP contribution in [0, 0.1) is 0 Å². The summed E-state index contributed by atoms with van der Waals surface area (Å²) in [6.07, 6.45) is 2.43. The molecule has 24 heavy (non-hydrogen) atoms. The summed E-state index contributed by atoms with van der Waals surface area (Å²) in [6, 6.07) is 11.8. The second-order valence-corrected chi connectivity index (χ2v) is 5.75. The van der Waals surface area contributed by atoms with Gasteiger partial charge in [0.15, 0.2) is 0 Å². The first-order chi connectivity index (χ1) is 11.7. The standard InChI is InChI=1S/C20H24O4/c1-3-7-19(21)23-13-15-11-12-16(14-24-20(22)8-4-2)18-10-6-5-9-17(15)18/h5-6,9-12H,3-4,7-8,13-14H2,1-2H3. The molecule has 2 rings (SSSR count). The summed E-state index contributed by atoms with van der Waals surface area (Å²) in [7, 11) is 0. The van der Waals surface area contributed by atoms with Crippen LogP contribution in [-0.2, 0) is 32.3 Å². The van der Waals surface area contributed by atoms with E-state index in [0.29, 0.717) is 12.8 Å². The fourth-order valence-corrected chi connectivity index (χ4v) is 2.54. The Hall–Kier alpha value is -2.36. The molecule has 0 radical (unpaired) electrons. The van der Waals surface area contributed by atoms with Gasteiger partial charge in [0.1, 0.15) is 13.2 Å². The lowest BCUT2D eigenvalue weighted by Crippen LogP contribution is -2.06. The Labute approximate surface area is 142 Å². The third-order valence-electron chi connectivity index (χ3n) is 3.79. The van der Waals surface area contributed by atoms with E-state index >= 15 is 0 Å². The molecule has 2 aromatic carbocycles. The Kier molecular flexibility index (Phi) is 6.79. The Morgan fingerprint density at radius 2 is 1.17 bits per heavy atom. The molecule has 2 aromatic rings. The normalized spacial score (nSPS) is 10.6. The molecule has 0 saturated heterocycles. The summed E-state index contributed by atoms with van der Waals surface area (Å²) in [6.45, 7) is 4.42. The lowest BCUT2D eigenvalue weighted by molar-refractivity contribution is -0.145. The molecule has 128 valence electrons. The van der Waals surface area contributed by atoms with Gasteiger partial charge < -0.3 is 9.47 Å². The Morgan fingerprint density at radius 3 is 1.54 bits per heavy atom. The first kappa shape index (κ1) is 18.0. The summed E-state index contributed by atoms with van der Waals surface area (Å²) in [5.74, 6) is -0.363.